The third-order valence-corrected chi connectivity index (χ3v) is 5.70. The Kier molecular flexibility index (Phi) is 4.98. The second-order valence-electron chi connectivity index (χ2n) is 6.11. The van der Waals surface area contributed by atoms with Crippen LogP contribution in [0.3, 0.4) is 0 Å². The summed E-state index contributed by atoms with van der Waals surface area (Å²) < 4.78 is 1.29. The molecule has 1 heterocycles. The Bertz CT molecular complexity index is 451. The lowest BCUT2D eigenvalue weighted by Crippen LogP contribution is -2.12. The van der Waals surface area contributed by atoms with Crippen LogP contribution in [0.15, 0.2) is 0 Å². The summed E-state index contributed by atoms with van der Waals surface area (Å²) in [6.45, 7) is 6.64. The highest BCUT2D eigenvalue weighted by atomic mass is 127. The molecule has 0 spiro atoms. The van der Waals surface area contributed by atoms with Gasteiger partial charge in [0.25, 0.3) is 0 Å². The summed E-state index contributed by atoms with van der Waals surface area (Å²) >= 11 is 4.17. The first kappa shape index (κ1) is 15.4. The Morgan fingerprint density at radius 3 is 2.47 bits per heavy atom. The minimum absolute atomic E-state index is 0.231. The molecule has 5 heteroatoms. The van der Waals surface area contributed by atoms with Gasteiger partial charge in [0.2, 0.25) is 0 Å². The average Bonchev–Trinajstić information content (AvgIpc) is 2.83. The molecule has 0 aliphatic heterocycles. The summed E-state index contributed by atoms with van der Waals surface area (Å²) in [5.41, 5.74) is 7.25. The molecule has 1 aromatic heterocycles. The predicted molar refractivity (Wildman–Crippen MR) is 91.4 cm³/mol. The Balaban J connectivity index is 2.21. The number of hydrogen-bond donors (Lipinski definition) is 1. The van der Waals surface area contributed by atoms with Crippen LogP contribution >= 0.6 is 34.4 Å². The molecule has 2 rings (SSSR count). The number of nitrogens with two attached hydrogens (primary N) is 1. The fraction of sp³-hybridized carbons (Fsp3) is 0.714. The normalized spacial score (nSPS) is 17.1. The van der Waals surface area contributed by atoms with Crippen LogP contribution in [0.25, 0.3) is 0 Å². The van der Waals surface area contributed by atoms with E-state index >= 15 is 0 Å². The summed E-state index contributed by atoms with van der Waals surface area (Å²) in [6.07, 6.45) is 5.13. The highest BCUT2D eigenvalue weighted by Crippen LogP contribution is 2.37. The molecule has 0 saturated heterocycles. The van der Waals surface area contributed by atoms with Gasteiger partial charge in [-0.3, -0.25) is 0 Å². The van der Waals surface area contributed by atoms with Crippen LogP contribution in [-0.2, 0) is 5.75 Å². The zero-order valence-corrected chi connectivity index (χ0v) is 14.8. The van der Waals surface area contributed by atoms with Gasteiger partial charge in [-0.1, -0.05) is 33.6 Å². The van der Waals surface area contributed by atoms with Gasteiger partial charge < -0.3 is 5.73 Å². The van der Waals surface area contributed by atoms with Crippen molar-refractivity contribution in [2.75, 3.05) is 5.73 Å². The summed E-state index contributed by atoms with van der Waals surface area (Å²) in [4.78, 5) is 9.24. The van der Waals surface area contributed by atoms with Crippen molar-refractivity contribution in [1.82, 2.24) is 9.97 Å². The standard InChI is InChI=1S/C14H22IN3S/c1-14(2,3)19-8-10-17-12(9-6-4-5-7-9)11(15)13(16)18-10/h9H,4-8H2,1-3H3,(H2,16,17,18). The number of rotatable bonds is 3. The summed E-state index contributed by atoms with van der Waals surface area (Å²) in [5.74, 6) is 2.97. The van der Waals surface area contributed by atoms with Crippen molar-refractivity contribution in [3.8, 4) is 0 Å². The lowest BCUT2D eigenvalue weighted by Gasteiger charge is -2.18. The lowest BCUT2D eigenvalue weighted by atomic mass is 10.0. The first-order valence-electron chi connectivity index (χ1n) is 6.82. The van der Waals surface area contributed by atoms with E-state index in [0.717, 1.165) is 15.1 Å². The molecule has 0 amide bonds. The summed E-state index contributed by atoms with van der Waals surface area (Å²) in [6, 6.07) is 0. The van der Waals surface area contributed by atoms with E-state index in [1.54, 1.807) is 0 Å². The van der Waals surface area contributed by atoms with Gasteiger partial charge in [-0.15, -0.1) is 11.8 Å². The number of halogens is 1. The van der Waals surface area contributed by atoms with Gasteiger partial charge in [-0.2, -0.15) is 0 Å². The van der Waals surface area contributed by atoms with Gasteiger partial charge in [0.05, 0.1) is 15.0 Å². The van der Waals surface area contributed by atoms with Crippen molar-refractivity contribution >= 4 is 40.2 Å². The average molecular weight is 391 g/mol. The molecule has 0 radical (unpaired) electrons. The third-order valence-electron chi connectivity index (χ3n) is 3.32. The molecule has 0 bridgehead atoms. The molecule has 1 aliphatic rings. The quantitative estimate of drug-likeness (QED) is 0.779. The maximum Gasteiger partial charge on any atom is 0.140 e. The maximum absolute atomic E-state index is 6.06. The van der Waals surface area contributed by atoms with E-state index in [9.17, 15) is 0 Å². The van der Waals surface area contributed by atoms with Crippen LogP contribution in [0.2, 0.25) is 0 Å². The molecule has 19 heavy (non-hydrogen) atoms. The minimum Gasteiger partial charge on any atom is -0.383 e. The summed E-state index contributed by atoms with van der Waals surface area (Å²) in [5, 5.41) is 0. The van der Waals surface area contributed by atoms with E-state index in [0.29, 0.717) is 11.7 Å². The Morgan fingerprint density at radius 2 is 1.89 bits per heavy atom. The van der Waals surface area contributed by atoms with Gasteiger partial charge in [0.1, 0.15) is 11.6 Å². The molecule has 1 aromatic rings. The second kappa shape index (κ2) is 6.16. The predicted octanol–water partition coefficient (Wildman–Crippen LogP) is 4.35. The fourth-order valence-corrected chi connectivity index (χ4v) is 3.72. The van der Waals surface area contributed by atoms with Gasteiger partial charge in [-0.25, -0.2) is 9.97 Å². The van der Waals surface area contributed by atoms with Crippen LogP contribution in [-0.4, -0.2) is 14.7 Å². The maximum atomic E-state index is 6.06. The van der Waals surface area contributed by atoms with E-state index in [1.165, 1.54) is 31.4 Å². The highest BCUT2D eigenvalue weighted by molar-refractivity contribution is 14.1. The number of thioether (sulfide) groups is 1. The zero-order valence-electron chi connectivity index (χ0n) is 11.9. The van der Waals surface area contributed by atoms with Crippen LogP contribution in [0.1, 0.15) is 63.9 Å². The highest BCUT2D eigenvalue weighted by Gasteiger charge is 2.23. The van der Waals surface area contributed by atoms with Gasteiger partial charge >= 0.3 is 0 Å². The van der Waals surface area contributed by atoms with Crippen molar-refractivity contribution in [2.24, 2.45) is 0 Å². The molecular weight excluding hydrogens is 369 g/mol. The molecule has 1 fully saturated rings. The molecule has 0 atom stereocenters. The van der Waals surface area contributed by atoms with Crippen molar-refractivity contribution in [1.29, 1.82) is 0 Å². The second-order valence-corrected chi connectivity index (χ2v) is 8.99. The molecule has 2 N–H and O–H groups in total. The lowest BCUT2D eigenvalue weighted by molar-refractivity contribution is 0.683. The molecule has 3 nitrogen and oxygen atoms in total. The van der Waals surface area contributed by atoms with E-state index in [1.807, 2.05) is 11.8 Å². The van der Waals surface area contributed by atoms with E-state index in [2.05, 4.69) is 48.3 Å². The van der Waals surface area contributed by atoms with Crippen molar-refractivity contribution in [3.63, 3.8) is 0 Å². The zero-order chi connectivity index (χ0) is 14.0. The molecule has 106 valence electrons. The first-order valence-corrected chi connectivity index (χ1v) is 8.89. The first-order chi connectivity index (χ1) is 8.87. The van der Waals surface area contributed by atoms with Crippen molar-refractivity contribution in [2.45, 2.75) is 62.9 Å². The van der Waals surface area contributed by atoms with Crippen LogP contribution in [0, 0.1) is 3.57 Å². The fourth-order valence-electron chi connectivity index (χ4n) is 2.35. The Labute approximate surface area is 133 Å². The van der Waals surface area contributed by atoms with E-state index in [-0.39, 0.29) is 4.75 Å². The number of hydrogen-bond acceptors (Lipinski definition) is 4. The molecule has 1 aliphatic carbocycles. The number of aromatic nitrogens is 2. The molecule has 0 aromatic carbocycles. The minimum atomic E-state index is 0.231. The SMILES string of the molecule is CC(C)(C)SCc1nc(N)c(I)c(C2CCCC2)n1. The topological polar surface area (TPSA) is 51.8 Å². The number of anilines is 1. The van der Waals surface area contributed by atoms with E-state index < -0.39 is 0 Å². The summed E-state index contributed by atoms with van der Waals surface area (Å²) in [7, 11) is 0. The molecular formula is C14H22IN3S. The van der Waals surface area contributed by atoms with Crippen molar-refractivity contribution in [3.05, 3.63) is 15.1 Å². The molecule has 1 saturated carbocycles. The third kappa shape index (κ3) is 4.21. The van der Waals surface area contributed by atoms with Gasteiger partial charge in [0, 0.05) is 10.7 Å². The smallest absolute Gasteiger partial charge is 0.140 e. The van der Waals surface area contributed by atoms with E-state index in [4.69, 9.17) is 10.7 Å². The Morgan fingerprint density at radius 1 is 1.26 bits per heavy atom. The van der Waals surface area contributed by atoms with Crippen molar-refractivity contribution < 1.29 is 0 Å². The van der Waals surface area contributed by atoms with Crippen LogP contribution in [0.4, 0.5) is 5.82 Å². The number of nitrogen functional groups attached to an aromatic ring is 1. The van der Waals surface area contributed by atoms with Gasteiger partial charge in [-0.05, 0) is 35.4 Å². The van der Waals surface area contributed by atoms with Crippen LogP contribution < -0.4 is 5.73 Å². The molecule has 0 unspecified atom stereocenters. The Hall–Kier alpha value is -0.0400. The van der Waals surface area contributed by atoms with Crippen LogP contribution in [0.5, 0.6) is 0 Å². The largest absolute Gasteiger partial charge is 0.383 e. The van der Waals surface area contributed by atoms with Gasteiger partial charge in [0.15, 0.2) is 0 Å². The monoisotopic (exact) mass is 391 g/mol. The number of nitrogens with zero attached hydrogens (tertiary/aromatic N) is 2.